The minimum absolute atomic E-state index is 0.325. The van der Waals surface area contributed by atoms with Crippen molar-refractivity contribution in [3.8, 4) is 5.75 Å². The molecule has 2 heteroatoms. The number of rotatable bonds is 5. The molecule has 0 unspecified atom stereocenters. The van der Waals surface area contributed by atoms with Gasteiger partial charge in [-0.3, -0.25) is 0 Å². The SMILES string of the molecule is COc1cc(C2(CNC(C)C)CC3(CCC3)C2)ccc1C. The van der Waals surface area contributed by atoms with Crippen molar-refractivity contribution in [2.24, 2.45) is 5.41 Å². The van der Waals surface area contributed by atoms with Gasteiger partial charge in [-0.05, 0) is 55.2 Å². The van der Waals surface area contributed by atoms with Crippen molar-refractivity contribution < 1.29 is 4.74 Å². The summed E-state index contributed by atoms with van der Waals surface area (Å²) in [5.74, 6) is 1.03. The molecule has 0 saturated heterocycles. The number of aryl methyl sites for hydroxylation is 1. The third kappa shape index (κ3) is 2.59. The maximum absolute atomic E-state index is 5.55. The fourth-order valence-electron chi connectivity index (χ4n) is 4.39. The van der Waals surface area contributed by atoms with Crippen LogP contribution in [-0.4, -0.2) is 19.7 Å². The van der Waals surface area contributed by atoms with Gasteiger partial charge in [0.15, 0.2) is 0 Å². The standard InChI is InChI=1S/C19H29NO/c1-14(2)20-13-19(11-18(12-19)8-5-9-18)16-7-6-15(3)17(10-16)21-4/h6-7,10,14,20H,5,8-9,11-13H2,1-4H3. The maximum atomic E-state index is 5.55. The third-order valence-electron chi connectivity index (χ3n) is 5.71. The smallest absolute Gasteiger partial charge is 0.122 e. The second kappa shape index (κ2) is 5.31. The average molecular weight is 287 g/mol. The van der Waals surface area contributed by atoms with Crippen molar-refractivity contribution in [2.75, 3.05) is 13.7 Å². The van der Waals surface area contributed by atoms with E-state index < -0.39 is 0 Å². The van der Waals surface area contributed by atoms with Gasteiger partial charge in [-0.25, -0.2) is 0 Å². The first-order valence-corrected chi connectivity index (χ1v) is 8.37. The fraction of sp³-hybridized carbons (Fsp3) is 0.684. The monoisotopic (exact) mass is 287 g/mol. The lowest BCUT2D eigenvalue weighted by molar-refractivity contribution is -0.0489. The van der Waals surface area contributed by atoms with Gasteiger partial charge in [0.2, 0.25) is 0 Å². The maximum Gasteiger partial charge on any atom is 0.122 e. The molecular weight excluding hydrogens is 258 g/mol. The van der Waals surface area contributed by atoms with E-state index in [2.05, 4.69) is 44.3 Å². The van der Waals surface area contributed by atoms with Crippen LogP contribution in [0, 0.1) is 12.3 Å². The van der Waals surface area contributed by atoms with Gasteiger partial charge in [-0.15, -0.1) is 0 Å². The highest BCUT2D eigenvalue weighted by Crippen LogP contribution is 2.64. The van der Waals surface area contributed by atoms with E-state index in [0.717, 1.165) is 12.3 Å². The molecule has 2 aliphatic carbocycles. The largest absolute Gasteiger partial charge is 0.496 e. The Bertz CT molecular complexity index is 508. The Hall–Kier alpha value is -1.02. The van der Waals surface area contributed by atoms with E-state index in [1.807, 2.05) is 0 Å². The van der Waals surface area contributed by atoms with Crippen molar-refractivity contribution in [1.29, 1.82) is 0 Å². The first-order chi connectivity index (χ1) is 9.99. The van der Waals surface area contributed by atoms with Crippen LogP contribution in [0.4, 0.5) is 0 Å². The first kappa shape index (κ1) is 14.9. The minimum Gasteiger partial charge on any atom is -0.496 e. The summed E-state index contributed by atoms with van der Waals surface area (Å²) in [7, 11) is 1.78. The van der Waals surface area contributed by atoms with Crippen LogP contribution in [0.15, 0.2) is 18.2 Å². The fourth-order valence-corrected chi connectivity index (χ4v) is 4.39. The molecule has 2 fully saturated rings. The Kier molecular flexibility index (Phi) is 3.77. The van der Waals surface area contributed by atoms with Crippen molar-refractivity contribution >= 4 is 0 Å². The van der Waals surface area contributed by atoms with Gasteiger partial charge in [-0.2, -0.15) is 0 Å². The Morgan fingerprint density at radius 1 is 1.24 bits per heavy atom. The van der Waals surface area contributed by atoms with E-state index >= 15 is 0 Å². The van der Waals surface area contributed by atoms with Crippen molar-refractivity contribution in [1.82, 2.24) is 5.32 Å². The van der Waals surface area contributed by atoms with Gasteiger partial charge in [0, 0.05) is 18.0 Å². The van der Waals surface area contributed by atoms with E-state index in [-0.39, 0.29) is 0 Å². The zero-order valence-corrected chi connectivity index (χ0v) is 14.0. The zero-order chi connectivity index (χ0) is 15.1. The molecule has 21 heavy (non-hydrogen) atoms. The van der Waals surface area contributed by atoms with Crippen LogP contribution >= 0.6 is 0 Å². The molecule has 1 N–H and O–H groups in total. The molecule has 1 aromatic carbocycles. The van der Waals surface area contributed by atoms with Gasteiger partial charge < -0.3 is 10.1 Å². The predicted octanol–water partition coefficient (Wildman–Crippen LogP) is 4.20. The minimum atomic E-state index is 0.325. The lowest BCUT2D eigenvalue weighted by Crippen LogP contribution is -2.58. The highest BCUT2D eigenvalue weighted by molar-refractivity contribution is 5.42. The summed E-state index contributed by atoms with van der Waals surface area (Å²) in [4.78, 5) is 0. The number of methoxy groups -OCH3 is 1. The molecule has 0 heterocycles. The van der Waals surface area contributed by atoms with E-state index in [9.17, 15) is 0 Å². The Morgan fingerprint density at radius 2 is 1.95 bits per heavy atom. The van der Waals surface area contributed by atoms with E-state index in [1.165, 1.54) is 43.2 Å². The number of nitrogens with one attached hydrogen (secondary N) is 1. The van der Waals surface area contributed by atoms with Gasteiger partial charge in [0.05, 0.1) is 7.11 Å². The topological polar surface area (TPSA) is 21.3 Å². The normalized spacial score (nSPS) is 22.0. The molecule has 0 amide bonds. The predicted molar refractivity (Wildman–Crippen MR) is 88.1 cm³/mol. The lowest BCUT2D eigenvalue weighted by Gasteiger charge is -2.62. The first-order valence-electron chi connectivity index (χ1n) is 8.37. The second-order valence-electron chi connectivity index (χ2n) is 7.71. The zero-order valence-electron chi connectivity index (χ0n) is 14.0. The quantitative estimate of drug-likeness (QED) is 0.876. The molecule has 0 atom stereocenters. The molecule has 1 aromatic rings. The highest BCUT2D eigenvalue weighted by Gasteiger charge is 2.57. The molecule has 0 radical (unpaired) electrons. The van der Waals surface area contributed by atoms with E-state index in [0.29, 0.717) is 16.9 Å². The molecule has 3 rings (SSSR count). The molecule has 2 saturated carbocycles. The second-order valence-corrected chi connectivity index (χ2v) is 7.71. The van der Waals surface area contributed by atoms with E-state index in [1.54, 1.807) is 7.11 Å². The Labute approximate surface area is 129 Å². The van der Waals surface area contributed by atoms with Gasteiger partial charge >= 0.3 is 0 Å². The number of benzene rings is 1. The van der Waals surface area contributed by atoms with Crippen molar-refractivity contribution in [3.05, 3.63) is 29.3 Å². The van der Waals surface area contributed by atoms with E-state index in [4.69, 9.17) is 4.74 Å². The Morgan fingerprint density at radius 3 is 2.48 bits per heavy atom. The molecule has 0 aromatic heterocycles. The van der Waals surface area contributed by atoms with Gasteiger partial charge in [-0.1, -0.05) is 32.4 Å². The summed E-state index contributed by atoms with van der Waals surface area (Å²) >= 11 is 0. The van der Waals surface area contributed by atoms with Crippen LogP contribution in [0.1, 0.15) is 57.1 Å². The van der Waals surface area contributed by atoms with Crippen LogP contribution < -0.4 is 10.1 Å². The summed E-state index contributed by atoms with van der Waals surface area (Å²) in [5, 5.41) is 3.68. The van der Waals surface area contributed by atoms with Crippen LogP contribution in [-0.2, 0) is 5.41 Å². The molecule has 2 nitrogen and oxygen atoms in total. The molecule has 116 valence electrons. The number of ether oxygens (including phenoxy) is 1. The van der Waals surface area contributed by atoms with Crippen molar-refractivity contribution in [3.63, 3.8) is 0 Å². The summed E-state index contributed by atoms with van der Waals surface area (Å²) < 4.78 is 5.55. The Balaban J connectivity index is 1.85. The molecule has 0 bridgehead atoms. The third-order valence-corrected chi connectivity index (χ3v) is 5.71. The van der Waals surface area contributed by atoms with Gasteiger partial charge in [0.25, 0.3) is 0 Å². The lowest BCUT2D eigenvalue weighted by atomic mass is 9.43. The summed E-state index contributed by atoms with van der Waals surface area (Å²) in [6.45, 7) is 7.69. The van der Waals surface area contributed by atoms with Crippen LogP contribution in [0.5, 0.6) is 5.75 Å². The molecule has 1 spiro atoms. The highest BCUT2D eigenvalue weighted by atomic mass is 16.5. The summed E-state index contributed by atoms with van der Waals surface area (Å²) in [6, 6.07) is 7.37. The van der Waals surface area contributed by atoms with Crippen LogP contribution in [0.2, 0.25) is 0 Å². The summed E-state index contributed by atoms with van der Waals surface area (Å²) in [6.07, 6.45) is 7.03. The van der Waals surface area contributed by atoms with Crippen LogP contribution in [0.3, 0.4) is 0 Å². The number of hydrogen-bond donors (Lipinski definition) is 1. The average Bonchev–Trinajstić information content (AvgIpc) is 2.36. The number of hydrogen-bond acceptors (Lipinski definition) is 2. The molecular formula is C19H29NO. The summed E-state index contributed by atoms with van der Waals surface area (Å²) in [5.41, 5.74) is 3.70. The molecule has 0 aliphatic heterocycles. The van der Waals surface area contributed by atoms with Crippen molar-refractivity contribution in [2.45, 2.75) is 64.3 Å². The molecule has 2 aliphatic rings. The van der Waals surface area contributed by atoms with Gasteiger partial charge in [0.1, 0.15) is 5.75 Å². The van der Waals surface area contributed by atoms with Crippen LogP contribution in [0.25, 0.3) is 0 Å².